The topological polar surface area (TPSA) is 26.3 Å². The summed E-state index contributed by atoms with van der Waals surface area (Å²) in [6.07, 6.45) is 2.42. The maximum atomic E-state index is 11.2. The second-order valence-electron chi connectivity index (χ2n) is 3.41. The molecule has 0 unspecified atom stereocenters. The van der Waals surface area contributed by atoms with E-state index in [-0.39, 0.29) is 5.97 Å². The number of carbonyl (C=O) groups excluding carboxylic acids is 1. The molecule has 1 aliphatic heterocycles. The van der Waals surface area contributed by atoms with Gasteiger partial charge in [-0.2, -0.15) is 0 Å². The lowest BCUT2D eigenvalue weighted by molar-refractivity contribution is -0.134. The Morgan fingerprint density at radius 1 is 1.56 bits per heavy atom. The van der Waals surface area contributed by atoms with Gasteiger partial charge in [0.05, 0.1) is 12.1 Å². The summed E-state index contributed by atoms with van der Waals surface area (Å²) in [5, 5.41) is 0.748. The zero-order valence-electron chi connectivity index (χ0n) is 8.83. The maximum absolute atomic E-state index is 11.2. The second kappa shape index (κ2) is 4.93. The van der Waals surface area contributed by atoms with Gasteiger partial charge in [-0.3, -0.25) is 0 Å². The van der Waals surface area contributed by atoms with E-state index in [0.29, 0.717) is 0 Å². The summed E-state index contributed by atoms with van der Waals surface area (Å²) in [6, 6.07) is 5.76. The highest BCUT2D eigenvalue weighted by atomic mass is 35.5. The Hall–Kier alpha value is -0.930. The van der Waals surface area contributed by atoms with Crippen molar-refractivity contribution in [2.24, 2.45) is 0 Å². The van der Waals surface area contributed by atoms with E-state index in [1.807, 2.05) is 18.2 Å². The molecule has 1 aromatic carbocycles. The summed E-state index contributed by atoms with van der Waals surface area (Å²) in [4.78, 5) is 12.3. The standard InChI is InChI=1S/C12H11ClO2S/c1-15-11(14)7-8-5-6-16-12-9(8)3-2-4-10(12)13/h2-4,7H,5-6H2,1H3/b8-7+. The van der Waals surface area contributed by atoms with E-state index in [1.165, 1.54) is 7.11 Å². The summed E-state index contributed by atoms with van der Waals surface area (Å²) in [5.74, 6) is 0.632. The number of thioether (sulfide) groups is 1. The van der Waals surface area contributed by atoms with Crippen LogP contribution in [0.1, 0.15) is 12.0 Å². The average Bonchev–Trinajstić information content (AvgIpc) is 2.30. The molecule has 1 aliphatic rings. The molecule has 2 nitrogen and oxygen atoms in total. The molecule has 0 aromatic heterocycles. The van der Waals surface area contributed by atoms with Crippen molar-refractivity contribution >= 4 is 34.9 Å². The summed E-state index contributed by atoms with van der Waals surface area (Å²) in [7, 11) is 1.38. The van der Waals surface area contributed by atoms with Crippen LogP contribution in [0.15, 0.2) is 29.2 Å². The molecule has 0 fully saturated rings. The molecule has 0 N–H and O–H groups in total. The average molecular weight is 255 g/mol. The molecule has 0 amide bonds. The van der Waals surface area contributed by atoms with Gasteiger partial charge in [-0.1, -0.05) is 23.7 Å². The Balaban J connectivity index is 2.44. The first-order valence-corrected chi connectivity index (χ1v) is 6.29. The van der Waals surface area contributed by atoms with E-state index in [0.717, 1.165) is 33.2 Å². The first kappa shape index (κ1) is 11.6. The quantitative estimate of drug-likeness (QED) is 0.568. The first-order valence-electron chi connectivity index (χ1n) is 4.92. The van der Waals surface area contributed by atoms with Gasteiger partial charge in [-0.05, 0) is 23.6 Å². The number of allylic oxidation sites excluding steroid dienone is 1. The lowest BCUT2D eigenvalue weighted by Gasteiger charge is -2.19. The van der Waals surface area contributed by atoms with Gasteiger partial charge in [-0.15, -0.1) is 11.8 Å². The number of halogens is 1. The van der Waals surface area contributed by atoms with Crippen molar-refractivity contribution in [2.45, 2.75) is 11.3 Å². The number of carbonyl (C=O) groups is 1. The van der Waals surface area contributed by atoms with Crippen molar-refractivity contribution in [3.8, 4) is 0 Å². The molecule has 0 saturated carbocycles. The predicted octanol–water partition coefficient (Wildman–Crippen LogP) is 3.39. The third-order valence-electron chi connectivity index (χ3n) is 2.42. The molecular weight excluding hydrogens is 244 g/mol. The Morgan fingerprint density at radius 2 is 2.38 bits per heavy atom. The highest BCUT2D eigenvalue weighted by Gasteiger charge is 2.17. The highest BCUT2D eigenvalue weighted by Crippen LogP contribution is 2.40. The fraction of sp³-hybridized carbons (Fsp3) is 0.250. The third kappa shape index (κ3) is 2.25. The summed E-state index contributed by atoms with van der Waals surface area (Å²) >= 11 is 7.84. The minimum Gasteiger partial charge on any atom is -0.466 e. The number of hydrogen-bond donors (Lipinski definition) is 0. The normalized spacial score (nSPS) is 17.0. The van der Waals surface area contributed by atoms with E-state index in [4.69, 9.17) is 11.6 Å². The molecule has 4 heteroatoms. The van der Waals surface area contributed by atoms with E-state index < -0.39 is 0 Å². The van der Waals surface area contributed by atoms with Crippen molar-refractivity contribution in [1.82, 2.24) is 0 Å². The van der Waals surface area contributed by atoms with Crippen LogP contribution >= 0.6 is 23.4 Å². The maximum Gasteiger partial charge on any atom is 0.330 e. The van der Waals surface area contributed by atoms with Crippen LogP contribution in [0.5, 0.6) is 0 Å². The fourth-order valence-corrected chi connectivity index (χ4v) is 3.08. The predicted molar refractivity (Wildman–Crippen MR) is 66.8 cm³/mol. The number of rotatable bonds is 1. The number of fused-ring (bicyclic) bond motifs is 1. The molecule has 84 valence electrons. The van der Waals surface area contributed by atoms with Crippen LogP contribution in [0.25, 0.3) is 5.57 Å². The molecular formula is C12H11ClO2S. The van der Waals surface area contributed by atoms with E-state index in [9.17, 15) is 4.79 Å². The zero-order valence-corrected chi connectivity index (χ0v) is 10.4. The van der Waals surface area contributed by atoms with Gasteiger partial charge in [0.25, 0.3) is 0 Å². The SMILES string of the molecule is COC(=O)/C=C1\CCSc2c(Cl)cccc21. The molecule has 0 bridgehead atoms. The molecule has 0 spiro atoms. The smallest absolute Gasteiger partial charge is 0.330 e. The van der Waals surface area contributed by atoms with Gasteiger partial charge in [0, 0.05) is 16.7 Å². The third-order valence-corrected chi connectivity index (χ3v) is 3.99. The van der Waals surface area contributed by atoms with Crippen LogP contribution < -0.4 is 0 Å². The Kier molecular flexibility index (Phi) is 3.56. The minimum absolute atomic E-state index is 0.312. The Bertz CT molecular complexity index is 454. The molecule has 0 radical (unpaired) electrons. The van der Waals surface area contributed by atoms with Gasteiger partial charge in [0.15, 0.2) is 0 Å². The monoisotopic (exact) mass is 254 g/mol. The molecule has 16 heavy (non-hydrogen) atoms. The van der Waals surface area contributed by atoms with E-state index in [2.05, 4.69) is 4.74 Å². The zero-order chi connectivity index (χ0) is 11.5. The van der Waals surface area contributed by atoms with E-state index in [1.54, 1.807) is 17.8 Å². The lowest BCUT2D eigenvalue weighted by atomic mass is 10.0. The number of esters is 1. The number of ether oxygens (including phenoxy) is 1. The molecule has 0 saturated heterocycles. The molecule has 0 aliphatic carbocycles. The number of benzene rings is 1. The molecule has 2 rings (SSSR count). The van der Waals surface area contributed by atoms with Crippen molar-refractivity contribution in [3.63, 3.8) is 0 Å². The van der Waals surface area contributed by atoms with Gasteiger partial charge >= 0.3 is 5.97 Å². The van der Waals surface area contributed by atoms with Crippen LogP contribution in [0.2, 0.25) is 5.02 Å². The van der Waals surface area contributed by atoms with Crippen molar-refractivity contribution in [3.05, 3.63) is 34.9 Å². The number of methoxy groups -OCH3 is 1. The molecule has 0 atom stereocenters. The van der Waals surface area contributed by atoms with Crippen molar-refractivity contribution < 1.29 is 9.53 Å². The van der Waals surface area contributed by atoms with Crippen molar-refractivity contribution in [2.75, 3.05) is 12.9 Å². The summed E-state index contributed by atoms with van der Waals surface area (Å²) < 4.78 is 4.64. The van der Waals surface area contributed by atoms with Crippen LogP contribution in [0, 0.1) is 0 Å². The summed E-state index contributed by atoms with van der Waals surface area (Å²) in [5.41, 5.74) is 2.05. The van der Waals surface area contributed by atoms with Crippen LogP contribution in [-0.4, -0.2) is 18.8 Å². The van der Waals surface area contributed by atoms with Crippen molar-refractivity contribution in [1.29, 1.82) is 0 Å². The highest BCUT2D eigenvalue weighted by molar-refractivity contribution is 7.99. The van der Waals surface area contributed by atoms with Crippen LogP contribution in [0.3, 0.4) is 0 Å². The van der Waals surface area contributed by atoms with Gasteiger partial charge in [0.1, 0.15) is 0 Å². The fourth-order valence-electron chi connectivity index (χ4n) is 1.66. The first-order chi connectivity index (χ1) is 7.72. The van der Waals surface area contributed by atoms with Gasteiger partial charge in [0.2, 0.25) is 0 Å². The lowest BCUT2D eigenvalue weighted by Crippen LogP contribution is -2.02. The molecule has 1 heterocycles. The minimum atomic E-state index is -0.312. The Labute approximate surface area is 104 Å². The largest absolute Gasteiger partial charge is 0.466 e. The van der Waals surface area contributed by atoms with Crippen LogP contribution in [-0.2, 0) is 9.53 Å². The summed E-state index contributed by atoms with van der Waals surface area (Å²) in [6.45, 7) is 0. The van der Waals surface area contributed by atoms with Gasteiger partial charge < -0.3 is 4.74 Å². The van der Waals surface area contributed by atoms with Gasteiger partial charge in [-0.25, -0.2) is 4.79 Å². The molecule has 1 aromatic rings. The second-order valence-corrected chi connectivity index (χ2v) is 4.92. The Morgan fingerprint density at radius 3 is 3.12 bits per heavy atom. The van der Waals surface area contributed by atoms with E-state index >= 15 is 0 Å². The number of hydrogen-bond acceptors (Lipinski definition) is 3. The van der Waals surface area contributed by atoms with Crippen LogP contribution in [0.4, 0.5) is 0 Å².